The van der Waals surface area contributed by atoms with Gasteiger partial charge in [-0.15, -0.1) is 0 Å². The average molecular weight is 327 g/mol. The zero-order valence-corrected chi connectivity index (χ0v) is 13.1. The number of carbonyl (C=O) groups is 1. The molecule has 0 aliphatic heterocycles. The van der Waals surface area contributed by atoms with Gasteiger partial charge in [0.05, 0.1) is 17.2 Å². The van der Waals surface area contributed by atoms with Crippen LogP contribution in [0.5, 0.6) is 0 Å². The molecule has 5 heteroatoms. The first-order chi connectivity index (χ1) is 12.2. The topological polar surface area (TPSA) is 78.9 Å². The number of nitrogens with zero attached hydrogens (tertiary/aromatic N) is 2. The molecule has 5 rings (SSSR count). The van der Waals surface area contributed by atoms with Crippen LogP contribution in [0.25, 0.3) is 33.5 Å². The van der Waals surface area contributed by atoms with E-state index in [0.717, 1.165) is 44.7 Å². The number of rotatable bonds is 2. The highest BCUT2D eigenvalue weighted by atomic mass is 16.4. The minimum Gasteiger partial charge on any atom is -0.481 e. The van der Waals surface area contributed by atoms with Gasteiger partial charge < -0.3 is 10.1 Å². The van der Waals surface area contributed by atoms with E-state index in [1.165, 1.54) is 0 Å². The number of benzene rings is 2. The van der Waals surface area contributed by atoms with Crippen molar-refractivity contribution >= 4 is 17.0 Å². The summed E-state index contributed by atoms with van der Waals surface area (Å²) in [5.74, 6) is -0.755. The lowest BCUT2D eigenvalue weighted by Gasteiger charge is -2.09. The summed E-state index contributed by atoms with van der Waals surface area (Å²) >= 11 is 0. The Balaban J connectivity index is 1.82. The van der Waals surface area contributed by atoms with Crippen LogP contribution in [0.15, 0.2) is 60.9 Å². The number of hydrogen-bond acceptors (Lipinski definition) is 3. The van der Waals surface area contributed by atoms with Crippen molar-refractivity contribution in [2.45, 2.75) is 5.92 Å². The Morgan fingerprint density at radius 1 is 1.00 bits per heavy atom. The van der Waals surface area contributed by atoms with E-state index >= 15 is 0 Å². The molecule has 0 spiro atoms. The number of fused-ring (bicyclic) bond motifs is 4. The monoisotopic (exact) mass is 327 g/mol. The van der Waals surface area contributed by atoms with Crippen LogP contribution >= 0.6 is 0 Å². The van der Waals surface area contributed by atoms with Gasteiger partial charge in [0.2, 0.25) is 0 Å². The van der Waals surface area contributed by atoms with E-state index in [-0.39, 0.29) is 0 Å². The molecule has 0 radical (unpaired) electrons. The Hall–Kier alpha value is -3.47. The summed E-state index contributed by atoms with van der Waals surface area (Å²) < 4.78 is 0. The number of nitrogens with one attached hydrogen (secondary N) is 1. The van der Waals surface area contributed by atoms with Crippen molar-refractivity contribution in [2.24, 2.45) is 0 Å². The lowest BCUT2D eigenvalue weighted by atomic mass is 9.96. The van der Waals surface area contributed by atoms with Gasteiger partial charge in [-0.2, -0.15) is 0 Å². The summed E-state index contributed by atoms with van der Waals surface area (Å²) in [6, 6.07) is 15.3. The molecule has 1 atom stereocenters. The van der Waals surface area contributed by atoms with E-state index in [9.17, 15) is 9.90 Å². The molecule has 0 fully saturated rings. The van der Waals surface area contributed by atoms with Gasteiger partial charge in [-0.05, 0) is 28.3 Å². The summed E-state index contributed by atoms with van der Waals surface area (Å²) in [7, 11) is 0. The second-order valence-corrected chi connectivity index (χ2v) is 6.11. The largest absolute Gasteiger partial charge is 0.481 e. The predicted molar refractivity (Wildman–Crippen MR) is 94.2 cm³/mol. The first kappa shape index (κ1) is 13.9. The summed E-state index contributed by atoms with van der Waals surface area (Å²) in [4.78, 5) is 24.0. The van der Waals surface area contributed by atoms with E-state index in [2.05, 4.69) is 15.0 Å². The Kier molecular flexibility index (Phi) is 2.79. The number of pyridine rings is 1. The quantitative estimate of drug-likeness (QED) is 0.586. The third-order valence-electron chi connectivity index (χ3n) is 4.73. The lowest BCUT2D eigenvalue weighted by molar-refractivity contribution is -0.137. The molecular formula is C20H13N3O2. The maximum atomic E-state index is 11.9. The molecule has 2 aromatic carbocycles. The Bertz CT molecular complexity index is 1110. The second kappa shape index (κ2) is 5.01. The van der Waals surface area contributed by atoms with E-state index in [0.29, 0.717) is 0 Å². The highest BCUT2D eigenvalue weighted by Gasteiger charge is 2.35. The maximum Gasteiger partial charge on any atom is 0.315 e. The van der Waals surface area contributed by atoms with Gasteiger partial charge in [0, 0.05) is 11.8 Å². The van der Waals surface area contributed by atoms with Gasteiger partial charge in [-0.3, -0.25) is 9.78 Å². The molecule has 2 aromatic heterocycles. The number of aliphatic carboxylic acids is 1. The zero-order valence-electron chi connectivity index (χ0n) is 13.1. The van der Waals surface area contributed by atoms with Crippen molar-refractivity contribution in [3.8, 4) is 22.5 Å². The number of carboxylic acid groups (broad SMARTS) is 1. The molecule has 120 valence electrons. The van der Waals surface area contributed by atoms with Crippen molar-refractivity contribution in [3.05, 3.63) is 72.1 Å². The van der Waals surface area contributed by atoms with E-state index in [1.807, 2.05) is 48.5 Å². The minimum atomic E-state index is -0.836. The van der Waals surface area contributed by atoms with E-state index < -0.39 is 11.9 Å². The molecule has 25 heavy (non-hydrogen) atoms. The molecule has 4 aromatic rings. The first-order valence-electron chi connectivity index (χ1n) is 7.99. The summed E-state index contributed by atoms with van der Waals surface area (Å²) in [6.45, 7) is 0. The first-order valence-corrected chi connectivity index (χ1v) is 7.99. The molecule has 1 aliphatic carbocycles. The van der Waals surface area contributed by atoms with Crippen LogP contribution in [0, 0.1) is 0 Å². The van der Waals surface area contributed by atoms with Crippen LogP contribution in [-0.2, 0) is 4.79 Å². The highest BCUT2D eigenvalue weighted by Crippen LogP contribution is 2.48. The number of carboxylic acids is 1. The molecule has 0 amide bonds. The number of aromatic nitrogens is 3. The van der Waals surface area contributed by atoms with Crippen molar-refractivity contribution < 1.29 is 9.90 Å². The molecule has 0 bridgehead atoms. The van der Waals surface area contributed by atoms with Crippen LogP contribution in [0.2, 0.25) is 0 Å². The van der Waals surface area contributed by atoms with Gasteiger partial charge >= 0.3 is 5.97 Å². The Morgan fingerprint density at radius 3 is 2.64 bits per heavy atom. The number of imidazole rings is 1. The van der Waals surface area contributed by atoms with Crippen LogP contribution in [-0.4, -0.2) is 26.0 Å². The fourth-order valence-electron chi connectivity index (χ4n) is 3.70. The van der Waals surface area contributed by atoms with Crippen LogP contribution in [0.4, 0.5) is 0 Å². The maximum absolute atomic E-state index is 11.9. The standard InChI is InChI=1S/C20H13N3O2/c24-20(25)18-12-5-2-1-4-11(12)17-13(18)6-3-7-14(17)19-22-15-8-9-21-10-16(15)23-19/h1-10,18H,(H,22,23)(H,24,25)/t18-/m1/s1. The van der Waals surface area contributed by atoms with E-state index in [4.69, 9.17) is 0 Å². The summed E-state index contributed by atoms with van der Waals surface area (Å²) in [5.41, 5.74) is 6.14. The smallest absolute Gasteiger partial charge is 0.315 e. The molecule has 0 saturated heterocycles. The van der Waals surface area contributed by atoms with Gasteiger partial charge in [-0.1, -0.05) is 42.5 Å². The van der Waals surface area contributed by atoms with Crippen LogP contribution in [0.1, 0.15) is 17.0 Å². The van der Waals surface area contributed by atoms with Crippen molar-refractivity contribution in [3.63, 3.8) is 0 Å². The molecule has 2 heterocycles. The normalized spacial score (nSPS) is 15.1. The van der Waals surface area contributed by atoms with Crippen molar-refractivity contribution in [2.75, 3.05) is 0 Å². The second-order valence-electron chi connectivity index (χ2n) is 6.11. The van der Waals surface area contributed by atoms with Crippen molar-refractivity contribution in [1.29, 1.82) is 0 Å². The third kappa shape index (κ3) is 1.92. The van der Waals surface area contributed by atoms with Gasteiger partial charge in [-0.25, -0.2) is 4.98 Å². The van der Waals surface area contributed by atoms with Crippen LogP contribution < -0.4 is 0 Å². The minimum absolute atomic E-state index is 0.641. The summed E-state index contributed by atoms with van der Waals surface area (Å²) in [5, 5.41) is 9.75. The Morgan fingerprint density at radius 2 is 1.80 bits per heavy atom. The SMILES string of the molecule is O=C(O)[C@@H]1c2ccccc2-c2c(-c3nc4ccncc4[nH]3)cccc21. The fourth-order valence-corrected chi connectivity index (χ4v) is 3.70. The van der Waals surface area contributed by atoms with Gasteiger partial charge in [0.25, 0.3) is 0 Å². The zero-order chi connectivity index (χ0) is 17.0. The van der Waals surface area contributed by atoms with E-state index in [1.54, 1.807) is 12.4 Å². The van der Waals surface area contributed by atoms with Crippen LogP contribution in [0.3, 0.4) is 0 Å². The third-order valence-corrected chi connectivity index (χ3v) is 4.73. The van der Waals surface area contributed by atoms with Gasteiger partial charge in [0.15, 0.2) is 0 Å². The number of hydrogen-bond donors (Lipinski definition) is 2. The predicted octanol–water partition coefficient (Wildman–Crippen LogP) is 3.82. The molecule has 2 N–H and O–H groups in total. The molecule has 0 saturated carbocycles. The van der Waals surface area contributed by atoms with Crippen molar-refractivity contribution in [1.82, 2.24) is 15.0 Å². The summed E-state index contributed by atoms with van der Waals surface area (Å²) in [6.07, 6.45) is 3.45. The highest BCUT2D eigenvalue weighted by molar-refractivity contribution is 5.98. The Labute approximate surface area is 143 Å². The number of aromatic amines is 1. The average Bonchev–Trinajstić information content (AvgIpc) is 3.20. The molecule has 5 nitrogen and oxygen atoms in total. The van der Waals surface area contributed by atoms with Gasteiger partial charge in [0.1, 0.15) is 11.7 Å². The lowest BCUT2D eigenvalue weighted by Crippen LogP contribution is -2.09. The molecule has 0 unspecified atom stereocenters. The molecular weight excluding hydrogens is 314 g/mol. The molecule has 1 aliphatic rings. The number of H-pyrrole nitrogens is 1. The fraction of sp³-hybridized carbons (Fsp3) is 0.0500.